The second kappa shape index (κ2) is 8.91. The molecule has 2 N–H and O–H groups in total. The summed E-state index contributed by atoms with van der Waals surface area (Å²) in [4.78, 5) is 16.0. The van der Waals surface area contributed by atoms with Crippen molar-refractivity contribution in [2.45, 2.75) is 13.3 Å². The lowest BCUT2D eigenvalue weighted by molar-refractivity contribution is 0.0940. The fourth-order valence-corrected chi connectivity index (χ4v) is 2.62. The predicted octanol–water partition coefficient (Wildman–Crippen LogP) is 3.97. The summed E-state index contributed by atoms with van der Waals surface area (Å²) in [5, 5.41) is 6.80. The number of carbonyl (C=O) groups is 1. The quantitative estimate of drug-likeness (QED) is 0.541. The Labute approximate surface area is 147 Å². The molecule has 0 aliphatic rings. The molecule has 0 fully saturated rings. The largest absolute Gasteiger partial charge is 0.382 e. The molecule has 0 atom stereocenters. The molecule has 0 saturated carbocycles. The first kappa shape index (κ1) is 18.6. The van der Waals surface area contributed by atoms with Gasteiger partial charge in [0.2, 0.25) is 0 Å². The highest BCUT2D eigenvalue weighted by Gasteiger charge is 2.12. The molecule has 0 bridgehead atoms. The molecule has 5 nitrogen and oxygen atoms in total. The fourth-order valence-electron chi connectivity index (χ4n) is 1.80. The molecular formula is C15H16ClF2N3O2S. The molecule has 130 valence electrons. The number of thiazole rings is 1. The van der Waals surface area contributed by atoms with Gasteiger partial charge in [-0.15, -0.1) is 11.3 Å². The van der Waals surface area contributed by atoms with Crippen LogP contribution in [0, 0.1) is 11.6 Å². The summed E-state index contributed by atoms with van der Waals surface area (Å²) in [5.74, 6) is -2.06. The van der Waals surface area contributed by atoms with Gasteiger partial charge in [-0.1, -0.05) is 11.6 Å². The Hall–Kier alpha value is -1.77. The minimum Gasteiger partial charge on any atom is -0.382 e. The first-order valence-corrected chi connectivity index (χ1v) is 8.50. The molecule has 9 heteroatoms. The van der Waals surface area contributed by atoms with Crippen LogP contribution in [0.3, 0.4) is 0 Å². The molecule has 1 amide bonds. The molecule has 1 heterocycles. The number of aromatic nitrogens is 1. The van der Waals surface area contributed by atoms with E-state index < -0.39 is 16.7 Å². The van der Waals surface area contributed by atoms with E-state index in [2.05, 4.69) is 15.6 Å². The lowest BCUT2D eigenvalue weighted by Crippen LogP contribution is -2.25. The minimum absolute atomic E-state index is 0.160. The van der Waals surface area contributed by atoms with Crippen molar-refractivity contribution in [3.8, 4) is 0 Å². The summed E-state index contributed by atoms with van der Waals surface area (Å²) in [7, 11) is 0. The molecule has 0 spiro atoms. The van der Waals surface area contributed by atoms with Crippen LogP contribution in [-0.2, 0) is 4.74 Å². The molecule has 0 unspecified atom stereocenters. The number of hydrogen-bond acceptors (Lipinski definition) is 5. The molecule has 2 rings (SSSR count). The van der Waals surface area contributed by atoms with Crippen LogP contribution in [0.15, 0.2) is 17.5 Å². The monoisotopic (exact) mass is 375 g/mol. The van der Waals surface area contributed by atoms with Gasteiger partial charge < -0.3 is 15.4 Å². The van der Waals surface area contributed by atoms with Crippen LogP contribution in [0.2, 0.25) is 5.02 Å². The van der Waals surface area contributed by atoms with Crippen LogP contribution >= 0.6 is 22.9 Å². The number of amides is 1. The third-order valence-electron chi connectivity index (χ3n) is 2.93. The number of benzene rings is 1. The zero-order chi connectivity index (χ0) is 17.5. The van der Waals surface area contributed by atoms with Gasteiger partial charge in [0.25, 0.3) is 5.91 Å². The number of ether oxygens (including phenoxy) is 1. The van der Waals surface area contributed by atoms with Crippen LogP contribution < -0.4 is 10.6 Å². The van der Waals surface area contributed by atoms with E-state index in [0.29, 0.717) is 31.3 Å². The van der Waals surface area contributed by atoms with Crippen molar-refractivity contribution < 1.29 is 18.3 Å². The van der Waals surface area contributed by atoms with E-state index in [4.69, 9.17) is 16.3 Å². The molecule has 0 saturated heterocycles. The van der Waals surface area contributed by atoms with Crippen LogP contribution in [0.1, 0.15) is 23.8 Å². The number of halogens is 3. The van der Waals surface area contributed by atoms with E-state index in [1.165, 1.54) is 0 Å². The van der Waals surface area contributed by atoms with Crippen molar-refractivity contribution in [1.29, 1.82) is 0 Å². The third kappa shape index (κ3) is 5.12. The lowest BCUT2D eigenvalue weighted by Gasteiger charge is -2.05. The summed E-state index contributed by atoms with van der Waals surface area (Å²) in [6, 6.07) is 2.11. The van der Waals surface area contributed by atoms with Crippen LogP contribution in [-0.4, -0.2) is 30.6 Å². The highest BCUT2D eigenvalue weighted by Crippen LogP contribution is 2.26. The van der Waals surface area contributed by atoms with E-state index >= 15 is 0 Å². The van der Waals surface area contributed by atoms with E-state index in [1.54, 1.807) is 5.38 Å². The van der Waals surface area contributed by atoms with E-state index in [1.807, 2.05) is 6.92 Å². The predicted molar refractivity (Wildman–Crippen MR) is 90.2 cm³/mol. The van der Waals surface area contributed by atoms with Gasteiger partial charge in [-0.25, -0.2) is 13.8 Å². The van der Waals surface area contributed by atoms with Gasteiger partial charge in [0.05, 0.1) is 0 Å². The number of nitrogens with one attached hydrogen (secondary N) is 2. The number of nitrogens with zero attached hydrogens (tertiary/aromatic N) is 1. The lowest BCUT2D eigenvalue weighted by atomic mass is 10.3. The summed E-state index contributed by atoms with van der Waals surface area (Å²) < 4.78 is 32.0. The topological polar surface area (TPSA) is 63.2 Å². The number of carbonyl (C=O) groups excluding carboxylic acids is 1. The van der Waals surface area contributed by atoms with Crippen molar-refractivity contribution in [3.63, 3.8) is 0 Å². The minimum atomic E-state index is -0.872. The van der Waals surface area contributed by atoms with E-state index in [9.17, 15) is 13.6 Å². The number of hydrogen-bond donors (Lipinski definition) is 2. The third-order valence-corrected chi connectivity index (χ3v) is 4.05. The standard InChI is InChI=1S/C15H16ClF2N3O2S/c1-2-23-5-3-4-19-14(22)12-8-24-15(21-12)20-9-6-10(17)13(16)11(18)7-9/h6-8H,2-5H2,1H3,(H,19,22)(H,20,21). The second-order valence-corrected chi connectivity index (χ2v) is 5.96. The normalized spacial score (nSPS) is 10.7. The van der Waals surface area contributed by atoms with Gasteiger partial charge in [-0.2, -0.15) is 0 Å². The Morgan fingerprint density at radius 3 is 2.75 bits per heavy atom. The zero-order valence-corrected chi connectivity index (χ0v) is 14.4. The maximum Gasteiger partial charge on any atom is 0.270 e. The molecule has 1 aromatic heterocycles. The molecule has 24 heavy (non-hydrogen) atoms. The molecule has 0 radical (unpaired) electrons. The average Bonchev–Trinajstić information content (AvgIpc) is 3.00. The summed E-state index contributed by atoms with van der Waals surface area (Å²) in [6.07, 6.45) is 0.707. The SMILES string of the molecule is CCOCCCNC(=O)c1csc(Nc2cc(F)c(Cl)c(F)c2)n1. The van der Waals surface area contributed by atoms with Crippen molar-refractivity contribution in [2.24, 2.45) is 0 Å². The highest BCUT2D eigenvalue weighted by atomic mass is 35.5. The van der Waals surface area contributed by atoms with Crippen molar-refractivity contribution >= 4 is 39.7 Å². The second-order valence-electron chi connectivity index (χ2n) is 4.72. The zero-order valence-electron chi connectivity index (χ0n) is 12.9. The van der Waals surface area contributed by atoms with Gasteiger partial charge in [0.15, 0.2) is 5.13 Å². The highest BCUT2D eigenvalue weighted by molar-refractivity contribution is 7.14. The summed E-state index contributed by atoms with van der Waals surface area (Å²) >= 11 is 6.58. The van der Waals surface area contributed by atoms with Crippen molar-refractivity contribution in [3.05, 3.63) is 39.9 Å². The van der Waals surface area contributed by atoms with E-state index in [-0.39, 0.29) is 17.3 Å². The Kier molecular flexibility index (Phi) is 6.89. The molecule has 0 aliphatic carbocycles. The molecule has 0 aliphatic heterocycles. The number of anilines is 2. The molecule has 2 aromatic rings. The Balaban J connectivity index is 1.92. The van der Waals surface area contributed by atoms with Crippen LogP contribution in [0.25, 0.3) is 0 Å². The van der Waals surface area contributed by atoms with Gasteiger partial charge in [0.1, 0.15) is 22.4 Å². The summed E-state index contributed by atoms with van der Waals surface area (Å²) in [5.41, 5.74) is 0.390. The number of rotatable bonds is 8. The maximum absolute atomic E-state index is 13.4. The fraction of sp³-hybridized carbons (Fsp3) is 0.333. The van der Waals surface area contributed by atoms with Crippen molar-refractivity contribution in [2.75, 3.05) is 25.1 Å². The van der Waals surface area contributed by atoms with Crippen LogP contribution in [0.5, 0.6) is 0 Å². The average molecular weight is 376 g/mol. The van der Waals surface area contributed by atoms with Gasteiger partial charge in [-0.3, -0.25) is 4.79 Å². The molecule has 1 aromatic carbocycles. The smallest absolute Gasteiger partial charge is 0.270 e. The maximum atomic E-state index is 13.4. The summed E-state index contributed by atoms with van der Waals surface area (Å²) in [6.45, 7) is 3.60. The van der Waals surface area contributed by atoms with E-state index in [0.717, 1.165) is 23.5 Å². The Bertz CT molecular complexity index is 689. The van der Waals surface area contributed by atoms with Crippen LogP contribution in [0.4, 0.5) is 19.6 Å². The van der Waals surface area contributed by atoms with Gasteiger partial charge >= 0.3 is 0 Å². The first-order valence-electron chi connectivity index (χ1n) is 7.24. The van der Waals surface area contributed by atoms with Gasteiger partial charge in [0, 0.05) is 30.8 Å². The Morgan fingerprint density at radius 2 is 2.08 bits per heavy atom. The molecular weight excluding hydrogens is 360 g/mol. The first-order chi connectivity index (χ1) is 11.5. The Morgan fingerprint density at radius 1 is 1.38 bits per heavy atom. The van der Waals surface area contributed by atoms with Crippen molar-refractivity contribution in [1.82, 2.24) is 10.3 Å². The van der Waals surface area contributed by atoms with Gasteiger partial charge in [-0.05, 0) is 25.5 Å².